The molecule has 1 aliphatic heterocycles. The molecule has 1 aliphatic rings. The van der Waals surface area contributed by atoms with E-state index in [-0.39, 0.29) is 23.1 Å². The van der Waals surface area contributed by atoms with Crippen molar-refractivity contribution in [2.75, 3.05) is 31.5 Å². The zero-order valence-corrected chi connectivity index (χ0v) is 18.0. The van der Waals surface area contributed by atoms with Crippen LogP contribution in [0.3, 0.4) is 0 Å². The predicted octanol–water partition coefficient (Wildman–Crippen LogP) is 3.81. The minimum absolute atomic E-state index is 0.0628. The van der Waals surface area contributed by atoms with Gasteiger partial charge in [0.1, 0.15) is 5.69 Å². The van der Waals surface area contributed by atoms with Crippen LogP contribution < -0.4 is 5.32 Å². The molecule has 8 heteroatoms. The molecule has 0 bridgehead atoms. The zero-order chi connectivity index (χ0) is 23.2. The van der Waals surface area contributed by atoms with Crippen molar-refractivity contribution >= 4 is 23.2 Å². The Morgan fingerprint density at radius 1 is 0.788 bits per heavy atom. The maximum Gasteiger partial charge on any atom is 0.293 e. The standard InChI is InChI=1S/C25H24N4O4/c30-24(20-9-5-2-6-10-20)27-13-15-28(16-14-27)25(31)21-11-12-22(23(17-21)29(32)33)26-18-19-7-3-1-4-8-19/h1-12,17,26H,13-16,18H2. The number of nitro benzene ring substituents is 1. The number of nitrogens with zero attached hydrogens (tertiary/aromatic N) is 3. The molecule has 0 radical (unpaired) electrons. The van der Waals surface area contributed by atoms with E-state index in [1.807, 2.05) is 48.5 Å². The molecule has 0 atom stereocenters. The van der Waals surface area contributed by atoms with E-state index in [0.717, 1.165) is 5.56 Å². The number of anilines is 1. The molecule has 0 spiro atoms. The lowest BCUT2D eigenvalue weighted by Gasteiger charge is -2.34. The summed E-state index contributed by atoms with van der Waals surface area (Å²) in [7, 11) is 0. The summed E-state index contributed by atoms with van der Waals surface area (Å²) in [6.07, 6.45) is 0. The van der Waals surface area contributed by atoms with E-state index < -0.39 is 4.92 Å². The van der Waals surface area contributed by atoms with Gasteiger partial charge in [0, 0.05) is 49.9 Å². The Kier molecular flexibility index (Phi) is 6.64. The Morgan fingerprint density at radius 3 is 1.91 bits per heavy atom. The maximum atomic E-state index is 13.0. The first-order chi connectivity index (χ1) is 16.0. The molecule has 0 aliphatic carbocycles. The topological polar surface area (TPSA) is 95.8 Å². The lowest BCUT2D eigenvalue weighted by molar-refractivity contribution is -0.384. The minimum Gasteiger partial charge on any atom is -0.375 e. The molecular weight excluding hydrogens is 420 g/mol. The second kappa shape index (κ2) is 9.95. The highest BCUT2D eigenvalue weighted by molar-refractivity contribution is 5.97. The van der Waals surface area contributed by atoms with Crippen molar-refractivity contribution in [2.24, 2.45) is 0 Å². The molecule has 1 fully saturated rings. The highest BCUT2D eigenvalue weighted by Crippen LogP contribution is 2.27. The molecule has 1 heterocycles. The summed E-state index contributed by atoms with van der Waals surface area (Å²) in [6.45, 7) is 2.02. The van der Waals surface area contributed by atoms with E-state index >= 15 is 0 Å². The number of carbonyl (C=O) groups is 2. The number of piperazine rings is 1. The first-order valence-electron chi connectivity index (χ1n) is 10.7. The maximum absolute atomic E-state index is 13.0. The predicted molar refractivity (Wildman–Crippen MR) is 125 cm³/mol. The summed E-state index contributed by atoms with van der Waals surface area (Å²) in [6, 6.07) is 23.1. The number of nitro groups is 1. The molecule has 8 nitrogen and oxygen atoms in total. The van der Waals surface area contributed by atoms with E-state index in [1.54, 1.807) is 34.1 Å². The number of benzene rings is 3. The molecule has 1 N–H and O–H groups in total. The Bertz CT molecular complexity index is 1140. The van der Waals surface area contributed by atoms with Crippen LogP contribution in [0, 0.1) is 10.1 Å². The number of hydrogen-bond acceptors (Lipinski definition) is 5. The Morgan fingerprint density at radius 2 is 1.33 bits per heavy atom. The van der Waals surface area contributed by atoms with Gasteiger partial charge >= 0.3 is 0 Å². The van der Waals surface area contributed by atoms with Gasteiger partial charge in [-0.05, 0) is 29.8 Å². The van der Waals surface area contributed by atoms with Gasteiger partial charge in [-0.25, -0.2) is 0 Å². The molecule has 1 saturated heterocycles. The van der Waals surface area contributed by atoms with Gasteiger partial charge in [-0.2, -0.15) is 0 Å². The zero-order valence-electron chi connectivity index (χ0n) is 18.0. The monoisotopic (exact) mass is 444 g/mol. The van der Waals surface area contributed by atoms with Gasteiger partial charge in [-0.3, -0.25) is 19.7 Å². The minimum atomic E-state index is -0.486. The van der Waals surface area contributed by atoms with Crippen LogP contribution in [-0.2, 0) is 6.54 Å². The summed E-state index contributed by atoms with van der Waals surface area (Å²) < 4.78 is 0. The second-order valence-corrected chi connectivity index (χ2v) is 7.78. The van der Waals surface area contributed by atoms with Crippen LogP contribution in [0.1, 0.15) is 26.3 Å². The van der Waals surface area contributed by atoms with E-state index in [4.69, 9.17) is 0 Å². The van der Waals surface area contributed by atoms with Crippen molar-refractivity contribution in [3.8, 4) is 0 Å². The number of hydrogen-bond donors (Lipinski definition) is 1. The number of amides is 2. The van der Waals surface area contributed by atoms with E-state index in [1.165, 1.54) is 6.07 Å². The highest BCUT2D eigenvalue weighted by Gasteiger charge is 2.27. The average molecular weight is 444 g/mol. The molecule has 0 saturated carbocycles. The lowest BCUT2D eigenvalue weighted by Crippen LogP contribution is -2.50. The van der Waals surface area contributed by atoms with Crippen LogP contribution in [0.4, 0.5) is 11.4 Å². The van der Waals surface area contributed by atoms with E-state index in [9.17, 15) is 19.7 Å². The smallest absolute Gasteiger partial charge is 0.293 e. The highest BCUT2D eigenvalue weighted by atomic mass is 16.6. The van der Waals surface area contributed by atoms with E-state index in [2.05, 4.69) is 5.32 Å². The largest absolute Gasteiger partial charge is 0.375 e. The van der Waals surface area contributed by atoms with E-state index in [0.29, 0.717) is 44.0 Å². The third-order valence-corrected chi connectivity index (χ3v) is 5.64. The van der Waals surface area contributed by atoms with Gasteiger partial charge in [0.15, 0.2) is 0 Å². The van der Waals surface area contributed by atoms with Crippen LogP contribution in [-0.4, -0.2) is 52.7 Å². The van der Waals surface area contributed by atoms with Gasteiger partial charge in [0.2, 0.25) is 0 Å². The van der Waals surface area contributed by atoms with Crippen molar-refractivity contribution < 1.29 is 14.5 Å². The van der Waals surface area contributed by atoms with Crippen LogP contribution in [0.15, 0.2) is 78.9 Å². The molecule has 0 aromatic heterocycles. The lowest BCUT2D eigenvalue weighted by atomic mass is 10.1. The first kappa shape index (κ1) is 22.0. The molecular formula is C25H24N4O4. The van der Waals surface area contributed by atoms with Gasteiger partial charge in [-0.1, -0.05) is 48.5 Å². The summed E-state index contributed by atoms with van der Waals surface area (Å²) >= 11 is 0. The Balaban J connectivity index is 1.41. The number of rotatable bonds is 6. The summed E-state index contributed by atoms with van der Waals surface area (Å²) in [5.41, 5.74) is 2.09. The third kappa shape index (κ3) is 5.17. The first-order valence-corrected chi connectivity index (χ1v) is 10.7. The van der Waals surface area contributed by atoms with Crippen molar-refractivity contribution in [1.82, 2.24) is 9.80 Å². The fourth-order valence-corrected chi connectivity index (χ4v) is 3.82. The van der Waals surface area contributed by atoms with Gasteiger partial charge < -0.3 is 15.1 Å². The molecule has 3 aromatic carbocycles. The SMILES string of the molecule is O=C(c1ccccc1)N1CCN(C(=O)c2ccc(NCc3ccccc3)c([N+](=O)[O-])c2)CC1. The van der Waals surface area contributed by atoms with Crippen LogP contribution in [0.25, 0.3) is 0 Å². The molecule has 168 valence electrons. The summed E-state index contributed by atoms with van der Waals surface area (Å²) in [4.78, 5) is 40.1. The number of nitrogens with one attached hydrogen (secondary N) is 1. The average Bonchev–Trinajstić information content (AvgIpc) is 2.87. The number of carbonyl (C=O) groups excluding carboxylic acids is 2. The van der Waals surface area contributed by atoms with Crippen LogP contribution >= 0.6 is 0 Å². The molecule has 4 rings (SSSR count). The molecule has 3 aromatic rings. The Hall–Kier alpha value is -4.20. The molecule has 2 amide bonds. The normalized spacial score (nSPS) is 13.5. The van der Waals surface area contributed by atoms with Crippen molar-refractivity contribution in [1.29, 1.82) is 0 Å². The summed E-state index contributed by atoms with van der Waals surface area (Å²) in [5.74, 6) is -0.341. The van der Waals surface area contributed by atoms with Gasteiger partial charge in [0.05, 0.1) is 4.92 Å². The molecule has 0 unspecified atom stereocenters. The Labute approximate surface area is 191 Å². The fraction of sp³-hybridized carbons (Fsp3) is 0.200. The van der Waals surface area contributed by atoms with Crippen LogP contribution in [0.5, 0.6) is 0 Å². The fourth-order valence-electron chi connectivity index (χ4n) is 3.82. The van der Waals surface area contributed by atoms with Gasteiger partial charge in [0.25, 0.3) is 17.5 Å². The van der Waals surface area contributed by atoms with Crippen molar-refractivity contribution in [3.05, 3.63) is 106 Å². The van der Waals surface area contributed by atoms with Crippen molar-refractivity contribution in [2.45, 2.75) is 6.54 Å². The van der Waals surface area contributed by atoms with Gasteiger partial charge in [-0.15, -0.1) is 0 Å². The third-order valence-electron chi connectivity index (χ3n) is 5.64. The quantitative estimate of drug-likeness (QED) is 0.461. The molecule has 33 heavy (non-hydrogen) atoms. The van der Waals surface area contributed by atoms with Crippen molar-refractivity contribution in [3.63, 3.8) is 0 Å². The summed E-state index contributed by atoms with van der Waals surface area (Å²) in [5, 5.41) is 14.7. The second-order valence-electron chi connectivity index (χ2n) is 7.78. The van der Waals surface area contributed by atoms with Crippen LogP contribution in [0.2, 0.25) is 0 Å².